The van der Waals surface area contributed by atoms with E-state index in [0.717, 1.165) is 17.7 Å². The second-order valence-electron chi connectivity index (χ2n) is 3.17. The molecule has 0 bridgehead atoms. The molecule has 0 saturated heterocycles. The zero-order valence-corrected chi connectivity index (χ0v) is 10.4. The van der Waals surface area contributed by atoms with Crippen molar-refractivity contribution >= 4 is 27.7 Å². The maximum absolute atomic E-state index is 12.9. The maximum atomic E-state index is 12.9. The molecule has 0 spiro atoms. The van der Waals surface area contributed by atoms with Crippen molar-refractivity contribution in [3.8, 4) is 0 Å². The smallest absolute Gasteiger partial charge is 0.137 e. The molecule has 1 rings (SSSR count). The average molecular weight is 278 g/mol. The van der Waals surface area contributed by atoms with Crippen LogP contribution in [0.2, 0.25) is 0 Å². The molecule has 0 heterocycles. The van der Waals surface area contributed by atoms with Crippen molar-refractivity contribution in [2.24, 2.45) is 5.73 Å². The normalized spacial score (nSPS) is 12.9. The highest BCUT2D eigenvalue weighted by atomic mass is 79.9. The van der Waals surface area contributed by atoms with E-state index in [9.17, 15) is 4.39 Å². The fraction of sp³-hybridized carbons (Fsp3) is 0.400. The lowest BCUT2D eigenvalue weighted by atomic mass is 10.1. The summed E-state index contributed by atoms with van der Waals surface area (Å²) in [5, 5.41) is 0. The highest BCUT2D eigenvalue weighted by Crippen LogP contribution is 2.17. The van der Waals surface area contributed by atoms with Crippen LogP contribution in [0.4, 0.5) is 4.39 Å². The molecule has 1 aromatic rings. The molecule has 1 nitrogen and oxygen atoms in total. The summed E-state index contributed by atoms with van der Waals surface area (Å²) >= 11 is 4.88. The van der Waals surface area contributed by atoms with E-state index in [1.807, 2.05) is 6.26 Å². The summed E-state index contributed by atoms with van der Waals surface area (Å²) in [6, 6.07) is 5.17. The average Bonchev–Trinajstić information content (AvgIpc) is 2.12. The molecule has 0 fully saturated rings. The molecule has 0 aliphatic rings. The summed E-state index contributed by atoms with van der Waals surface area (Å²) in [5.41, 5.74) is 6.94. The molecule has 78 valence electrons. The third-order valence-corrected chi connectivity index (χ3v) is 3.23. The summed E-state index contributed by atoms with van der Waals surface area (Å²) in [6.07, 6.45) is 2.82. The van der Waals surface area contributed by atoms with E-state index < -0.39 is 0 Å². The van der Waals surface area contributed by atoms with E-state index >= 15 is 0 Å². The van der Waals surface area contributed by atoms with Crippen molar-refractivity contribution in [1.29, 1.82) is 0 Å². The molecule has 1 atom stereocenters. The molecule has 0 aliphatic carbocycles. The predicted octanol–water partition coefficient (Wildman–Crippen LogP) is 2.82. The molecule has 2 N–H and O–H groups in total. The molecule has 0 aromatic heterocycles. The minimum Gasteiger partial charge on any atom is -0.327 e. The van der Waals surface area contributed by atoms with Gasteiger partial charge >= 0.3 is 0 Å². The van der Waals surface area contributed by atoms with Crippen molar-refractivity contribution < 1.29 is 4.39 Å². The van der Waals surface area contributed by atoms with Crippen LogP contribution in [0.15, 0.2) is 22.7 Å². The number of rotatable bonds is 4. The number of nitrogens with two attached hydrogens (primary N) is 1. The van der Waals surface area contributed by atoms with Gasteiger partial charge in [-0.1, -0.05) is 6.07 Å². The quantitative estimate of drug-likeness (QED) is 0.916. The fourth-order valence-electron chi connectivity index (χ4n) is 1.24. The first-order chi connectivity index (χ1) is 6.63. The van der Waals surface area contributed by atoms with Gasteiger partial charge in [0.2, 0.25) is 0 Å². The Balaban J connectivity index is 2.63. The maximum Gasteiger partial charge on any atom is 0.137 e. The summed E-state index contributed by atoms with van der Waals surface area (Å²) in [5.74, 6) is 0.696. The summed E-state index contributed by atoms with van der Waals surface area (Å²) in [7, 11) is 0. The van der Waals surface area contributed by atoms with Crippen molar-refractivity contribution in [3.63, 3.8) is 0 Å². The Morgan fingerprint density at radius 1 is 1.57 bits per heavy atom. The van der Waals surface area contributed by atoms with Gasteiger partial charge in [-0.15, -0.1) is 0 Å². The van der Waals surface area contributed by atoms with Gasteiger partial charge in [0, 0.05) is 11.8 Å². The van der Waals surface area contributed by atoms with Crippen LogP contribution in [-0.4, -0.2) is 18.1 Å². The van der Waals surface area contributed by atoms with Gasteiger partial charge in [0.15, 0.2) is 0 Å². The van der Waals surface area contributed by atoms with Crippen LogP contribution in [-0.2, 0) is 6.42 Å². The van der Waals surface area contributed by atoms with E-state index in [1.54, 1.807) is 23.9 Å². The lowest BCUT2D eigenvalue weighted by Crippen LogP contribution is -2.25. The Kier molecular flexibility index (Phi) is 4.92. The highest BCUT2D eigenvalue weighted by Gasteiger charge is 2.05. The Hall–Kier alpha value is -0.0600. The summed E-state index contributed by atoms with van der Waals surface area (Å²) in [4.78, 5) is 0. The van der Waals surface area contributed by atoms with Gasteiger partial charge in [0.05, 0.1) is 4.47 Å². The minimum absolute atomic E-state index is 0.141. The number of hydrogen-bond acceptors (Lipinski definition) is 2. The largest absolute Gasteiger partial charge is 0.327 e. The Morgan fingerprint density at radius 3 is 2.86 bits per heavy atom. The van der Waals surface area contributed by atoms with E-state index in [4.69, 9.17) is 5.73 Å². The zero-order chi connectivity index (χ0) is 10.6. The molecule has 0 radical (unpaired) electrons. The minimum atomic E-state index is -0.229. The van der Waals surface area contributed by atoms with Crippen molar-refractivity contribution in [3.05, 3.63) is 34.1 Å². The molecule has 0 aliphatic heterocycles. The Labute approximate surface area is 96.4 Å². The first kappa shape index (κ1) is 12.0. The number of benzene rings is 1. The lowest BCUT2D eigenvalue weighted by molar-refractivity contribution is 0.619. The molecule has 0 saturated carbocycles. The lowest BCUT2D eigenvalue weighted by Gasteiger charge is -2.10. The van der Waals surface area contributed by atoms with Gasteiger partial charge < -0.3 is 5.73 Å². The highest BCUT2D eigenvalue weighted by molar-refractivity contribution is 9.10. The monoisotopic (exact) mass is 277 g/mol. The van der Waals surface area contributed by atoms with E-state index in [1.165, 1.54) is 6.07 Å². The first-order valence-electron chi connectivity index (χ1n) is 4.32. The second kappa shape index (κ2) is 5.73. The SMILES string of the molecule is CSCC(N)Cc1ccc(F)c(Br)c1. The summed E-state index contributed by atoms with van der Waals surface area (Å²) in [6.45, 7) is 0. The Morgan fingerprint density at radius 2 is 2.29 bits per heavy atom. The third kappa shape index (κ3) is 3.59. The van der Waals surface area contributed by atoms with Crippen LogP contribution < -0.4 is 5.73 Å². The van der Waals surface area contributed by atoms with Crippen LogP contribution in [0.25, 0.3) is 0 Å². The topological polar surface area (TPSA) is 26.0 Å². The number of thioether (sulfide) groups is 1. The van der Waals surface area contributed by atoms with Crippen molar-refractivity contribution in [1.82, 2.24) is 0 Å². The van der Waals surface area contributed by atoms with Gasteiger partial charge in [-0.25, -0.2) is 4.39 Å². The number of halogens is 2. The molecule has 14 heavy (non-hydrogen) atoms. The molecular formula is C10H13BrFNS. The van der Waals surface area contributed by atoms with Crippen LogP contribution in [0.1, 0.15) is 5.56 Å². The molecule has 4 heteroatoms. The molecule has 0 amide bonds. The van der Waals surface area contributed by atoms with Gasteiger partial charge in [0.25, 0.3) is 0 Å². The van der Waals surface area contributed by atoms with Gasteiger partial charge in [-0.3, -0.25) is 0 Å². The van der Waals surface area contributed by atoms with Crippen LogP contribution >= 0.6 is 27.7 Å². The van der Waals surface area contributed by atoms with Crippen LogP contribution in [0.3, 0.4) is 0 Å². The second-order valence-corrected chi connectivity index (χ2v) is 4.93. The fourth-order valence-corrected chi connectivity index (χ4v) is 2.21. The zero-order valence-electron chi connectivity index (χ0n) is 7.97. The van der Waals surface area contributed by atoms with E-state index in [0.29, 0.717) is 4.47 Å². The van der Waals surface area contributed by atoms with Gasteiger partial charge in [-0.05, 0) is 46.3 Å². The van der Waals surface area contributed by atoms with E-state index in [2.05, 4.69) is 15.9 Å². The van der Waals surface area contributed by atoms with Crippen molar-refractivity contribution in [2.75, 3.05) is 12.0 Å². The van der Waals surface area contributed by atoms with Crippen LogP contribution in [0, 0.1) is 5.82 Å². The molecule has 1 unspecified atom stereocenters. The Bertz CT molecular complexity index is 306. The van der Waals surface area contributed by atoms with Gasteiger partial charge in [0.1, 0.15) is 5.82 Å². The van der Waals surface area contributed by atoms with Gasteiger partial charge in [-0.2, -0.15) is 11.8 Å². The third-order valence-electron chi connectivity index (χ3n) is 1.86. The van der Waals surface area contributed by atoms with E-state index in [-0.39, 0.29) is 11.9 Å². The van der Waals surface area contributed by atoms with Crippen molar-refractivity contribution in [2.45, 2.75) is 12.5 Å². The number of hydrogen-bond donors (Lipinski definition) is 1. The van der Waals surface area contributed by atoms with Crippen LogP contribution in [0.5, 0.6) is 0 Å². The summed E-state index contributed by atoms with van der Waals surface area (Å²) < 4.78 is 13.4. The standard InChI is InChI=1S/C10H13BrFNS/c1-14-6-8(13)4-7-2-3-10(12)9(11)5-7/h2-3,5,8H,4,6,13H2,1H3. The molecular weight excluding hydrogens is 265 g/mol. The molecule has 1 aromatic carbocycles. The predicted molar refractivity (Wildman–Crippen MR) is 64.2 cm³/mol. The first-order valence-corrected chi connectivity index (χ1v) is 6.50.